The maximum Gasteiger partial charge on any atom is -0.00116 e. The van der Waals surface area contributed by atoms with Crippen LogP contribution in [0.25, 0.3) is 0 Å². The van der Waals surface area contributed by atoms with Gasteiger partial charge in [0.05, 0.1) is 0 Å². The number of hydrogen-bond acceptors (Lipinski definition) is 2. The Kier molecular flexibility index (Phi) is 7.11. The molecular formula is C10H22N2. The average molecular weight is 170 g/mol. The molecule has 0 radical (unpaired) electrons. The topological polar surface area (TPSA) is 52.0 Å². The molecular weight excluding hydrogens is 148 g/mol. The van der Waals surface area contributed by atoms with Crippen LogP contribution < -0.4 is 11.5 Å². The van der Waals surface area contributed by atoms with E-state index in [0.717, 1.165) is 32.4 Å². The van der Waals surface area contributed by atoms with Crippen LogP contribution in [0, 0.1) is 5.92 Å². The van der Waals surface area contributed by atoms with E-state index in [1.165, 1.54) is 5.57 Å². The third-order valence-electron chi connectivity index (χ3n) is 2.20. The van der Waals surface area contributed by atoms with E-state index >= 15 is 0 Å². The van der Waals surface area contributed by atoms with Crippen molar-refractivity contribution in [2.45, 2.75) is 33.1 Å². The SMILES string of the molecule is CCC=C(CCN)C(CC)CN. The fourth-order valence-electron chi connectivity index (χ4n) is 1.48. The lowest BCUT2D eigenvalue weighted by Crippen LogP contribution is -2.17. The molecule has 0 saturated carbocycles. The van der Waals surface area contributed by atoms with Crippen LogP contribution in [0.4, 0.5) is 0 Å². The van der Waals surface area contributed by atoms with Crippen LogP contribution in [0.1, 0.15) is 33.1 Å². The molecule has 0 fully saturated rings. The monoisotopic (exact) mass is 170 g/mol. The summed E-state index contributed by atoms with van der Waals surface area (Å²) in [6.45, 7) is 5.82. The van der Waals surface area contributed by atoms with Crippen LogP contribution in [-0.2, 0) is 0 Å². The second kappa shape index (κ2) is 7.32. The average Bonchev–Trinajstić information content (AvgIpc) is 2.07. The van der Waals surface area contributed by atoms with Gasteiger partial charge in [-0.3, -0.25) is 0 Å². The van der Waals surface area contributed by atoms with Crippen LogP contribution in [0.5, 0.6) is 0 Å². The summed E-state index contributed by atoms with van der Waals surface area (Å²) in [7, 11) is 0. The number of allylic oxidation sites excluding steroid dienone is 1. The quantitative estimate of drug-likeness (QED) is 0.596. The molecule has 2 heteroatoms. The molecule has 1 atom stereocenters. The highest BCUT2D eigenvalue weighted by molar-refractivity contribution is 5.07. The van der Waals surface area contributed by atoms with Gasteiger partial charge in [-0.15, -0.1) is 0 Å². The lowest BCUT2D eigenvalue weighted by Gasteiger charge is -2.16. The van der Waals surface area contributed by atoms with Gasteiger partial charge in [0, 0.05) is 0 Å². The van der Waals surface area contributed by atoms with E-state index in [2.05, 4.69) is 19.9 Å². The molecule has 0 aliphatic carbocycles. The molecule has 0 aliphatic rings. The van der Waals surface area contributed by atoms with Crippen LogP contribution in [0.15, 0.2) is 11.6 Å². The minimum absolute atomic E-state index is 0.550. The Hall–Kier alpha value is -0.340. The maximum absolute atomic E-state index is 5.66. The Balaban J connectivity index is 4.15. The number of nitrogens with two attached hydrogens (primary N) is 2. The summed E-state index contributed by atoms with van der Waals surface area (Å²) in [6.07, 6.45) is 5.49. The lowest BCUT2D eigenvalue weighted by atomic mass is 9.93. The molecule has 4 N–H and O–H groups in total. The normalized spacial score (nSPS) is 14.8. The van der Waals surface area contributed by atoms with Crippen molar-refractivity contribution in [3.05, 3.63) is 11.6 Å². The molecule has 0 bridgehead atoms. The summed E-state index contributed by atoms with van der Waals surface area (Å²) in [5.74, 6) is 0.550. The first-order valence-corrected chi connectivity index (χ1v) is 4.89. The van der Waals surface area contributed by atoms with E-state index in [-0.39, 0.29) is 0 Å². The molecule has 0 aliphatic heterocycles. The summed E-state index contributed by atoms with van der Waals surface area (Å²) >= 11 is 0. The standard InChI is InChI=1S/C10H22N2/c1-3-5-10(6-7-11)9(4-2)8-12/h5,9H,3-4,6-8,11-12H2,1-2H3. The molecule has 0 spiro atoms. The van der Waals surface area contributed by atoms with Crippen LogP contribution in [0.2, 0.25) is 0 Å². The van der Waals surface area contributed by atoms with E-state index in [4.69, 9.17) is 11.5 Å². The Morgan fingerprint density at radius 1 is 1.33 bits per heavy atom. The smallest absolute Gasteiger partial charge is 0.00116 e. The minimum atomic E-state index is 0.550. The third-order valence-corrected chi connectivity index (χ3v) is 2.20. The highest BCUT2D eigenvalue weighted by Gasteiger charge is 2.08. The van der Waals surface area contributed by atoms with Crippen molar-refractivity contribution in [2.75, 3.05) is 13.1 Å². The summed E-state index contributed by atoms with van der Waals surface area (Å²) < 4.78 is 0. The first-order valence-electron chi connectivity index (χ1n) is 4.89. The summed E-state index contributed by atoms with van der Waals surface area (Å²) in [5.41, 5.74) is 12.6. The Morgan fingerprint density at radius 3 is 2.33 bits per heavy atom. The van der Waals surface area contributed by atoms with E-state index in [1.807, 2.05) is 0 Å². The Morgan fingerprint density at radius 2 is 2.00 bits per heavy atom. The number of rotatable bonds is 6. The molecule has 1 unspecified atom stereocenters. The van der Waals surface area contributed by atoms with Gasteiger partial charge < -0.3 is 11.5 Å². The van der Waals surface area contributed by atoms with Gasteiger partial charge in [0.25, 0.3) is 0 Å². The van der Waals surface area contributed by atoms with Gasteiger partial charge in [-0.2, -0.15) is 0 Å². The van der Waals surface area contributed by atoms with Crippen molar-refractivity contribution in [3.63, 3.8) is 0 Å². The molecule has 0 rings (SSSR count). The van der Waals surface area contributed by atoms with Crippen molar-refractivity contribution in [1.29, 1.82) is 0 Å². The van der Waals surface area contributed by atoms with Gasteiger partial charge in [0.15, 0.2) is 0 Å². The fourth-order valence-corrected chi connectivity index (χ4v) is 1.48. The predicted octanol–water partition coefficient (Wildman–Crippen LogP) is 1.66. The largest absolute Gasteiger partial charge is 0.330 e. The lowest BCUT2D eigenvalue weighted by molar-refractivity contribution is 0.577. The van der Waals surface area contributed by atoms with E-state index in [0.29, 0.717) is 5.92 Å². The third kappa shape index (κ3) is 3.88. The van der Waals surface area contributed by atoms with Crippen LogP contribution in [0.3, 0.4) is 0 Å². The fraction of sp³-hybridized carbons (Fsp3) is 0.800. The van der Waals surface area contributed by atoms with E-state index < -0.39 is 0 Å². The van der Waals surface area contributed by atoms with Gasteiger partial charge in [0.1, 0.15) is 0 Å². The van der Waals surface area contributed by atoms with Crippen molar-refractivity contribution >= 4 is 0 Å². The maximum atomic E-state index is 5.66. The molecule has 0 aromatic heterocycles. The molecule has 12 heavy (non-hydrogen) atoms. The van der Waals surface area contributed by atoms with Gasteiger partial charge in [-0.1, -0.05) is 25.5 Å². The molecule has 0 aromatic carbocycles. The summed E-state index contributed by atoms with van der Waals surface area (Å²) in [4.78, 5) is 0. The van der Waals surface area contributed by atoms with Gasteiger partial charge in [-0.05, 0) is 38.3 Å². The Labute approximate surface area is 76.0 Å². The Bertz CT molecular complexity index is 126. The van der Waals surface area contributed by atoms with E-state index in [9.17, 15) is 0 Å². The molecule has 0 aromatic rings. The number of hydrogen-bond donors (Lipinski definition) is 2. The highest BCUT2D eigenvalue weighted by atomic mass is 14.6. The first-order chi connectivity index (χ1) is 5.79. The zero-order chi connectivity index (χ0) is 9.40. The molecule has 72 valence electrons. The zero-order valence-corrected chi connectivity index (χ0v) is 8.34. The van der Waals surface area contributed by atoms with Crippen molar-refractivity contribution < 1.29 is 0 Å². The van der Waals surface area contributed by atoms with Gasteiger partial charge in [0.2, 0.25) is 0 Å². The predicted molar refractivity (Wildman–Crippen MR) is 54.9 cm³/mol. The molecule has 2 nitrogen and oxygen atoms in total. The summed E-state index contributed by atoms with van der Waals surface area (Å²) in [5, 5.41) is 0. The van der Waals surface area contributed by atoms with Crippen LogP contribution >= 0.6 is 0 Å². The van der Waals surface area contributed by atoms with Crippen molar-refractivity contribution in [3.8, 4) is 0 Å². The van der Waals surface area contributed by atoms with E-state index in [1.54, 1.807) is 0 Å². The van der Waals surface area contributed by atoms with Crippen molar-refractivity contribution in [1.82, 2.24) is 0 Å². The zero-order valence-electron chi connectivity index (χ0n) is 8.34. The second-order valence-corrected chi connectivity index (χ2v) is 3.07. The van der Waals surface area contributed by atoms with Crippen molar-refractivity contribution in [2.24, 2.45) is 17.4 Å². The van der Waals surface area contributed by atoms with Crippen LogP contribution in [-0.4, -0.2) is 13.1 Å². The summed E-state index contributed by atoms with van der Waals surface area (Å²) in [6, 6.07) is 0. The first kappa shape index (κ1) is 11.7. The van der Waals surface area contributed by atoms with Gasteiger partial charge in [-0.25, -0.2) is 0 Å². The minimum Gasteiger partial charge on any atom is -0.330 e. The highest BCUT2D eigenvalue weighted by Crippen LogP contribution is 2.17. The molecule has 0 amide bonds. The second-order valence-electron chi connectivity index (χ2n) is 3.07. The molecule has 0 heterocycles. The van der Waals surface area contributed by atoms with Gasteiger partial charge >= 0.3 is 0 Å². The molecule has 0 saturated heterocycles.